The molecule has 0 bridgehead atoms. The van der Waals surface area contributed by atoms with E-state index in [0.717, 1.165) is 16.7 Å². The number of carboxylic acids is 1. The van der Waals surface area contributed by atoms with Gasteiger partial charge >= 0.3 is 5.97 Å². The molecule has 1 aliphatic rings. The summed E-state index contributed by atoms with van der Waals surface area (Å²) in [7, 11) is 0. The number of benzene rings is 3. The summed E-state index contributed by atoms with van der Waals surface area (Å²) < 4.78 is 1.87. The quantitative estimate of drug-likeness (QED) is 0.204. The number of hydrogen-bond acceptors (Lipinski definition) is 5. The maximum atomic E-state index is 13.6. The van der Waals surface area contributed by atoms with Crippen LogP contribution in [-0.4, -0.2) is 49.0 Å². The van der Waals surface area contributed by atoms with E-state index >= 15 is 0 Å². The number of nitrogens with one attached hydrogen (secondary N) is 1. The van der Waals surface area contributed by atoms with Crippen molar-refractivity contribution in [3.05, 3.63) is 101 Å². The fourth-order valence-electron chi connectivity index (χ4n) is 4.26. The molecule has 2 heterocycles. The van der Waals surface area contributed by atoms with Crippen LogP contribution in [0.3, 0.4) is 0 Å². The minimum absolute atomic E-state index is 0.00970. The molecule has 9 nitrogen and oxygen atoms in total. The minimum atomic E-state index is -0.976. The Labute approximate surface area is 213 Å². The first kappa shape index (κ1) is 23.7. The molecule has 5 rings (SSSR count). The maximum absolute atomic E-state index is 13.6. The number of nitrogens with zero attached hydrogens (tertiary/aromatic N) is 4. The second-order valence-corrected chi connectivity index (χ2v) is 8.66. The van der Waals surface area contributed by atoms with Gasteiger partial charge in [0.1, 0.15) is 5.84 Å². The average Bonchev–Trinajstić information content (AvgIpc) is 3.28. The van der Waals surface area contributed by atoms with E-state index in [1.165, 1.54) is 4.90 Å². The van der Waals surface area contributed by atoms with Gasteiger partial charge in [-0.3, -0.25) is 19.6 Å². The molecule has 1 aliphatic heterocycles. The molecule has 0 unspecified atom stereocenters. The number of carbonyl (C=O) groups is 2. The van der Waals surface area contributed by atoms with Crippen LogP contribution in [0.4, 0.5) is 0 Å². The Kier molecular flexibility index (Phi) is 6.34. The number of aliphatic carboxylic acids is 1. The molecular weight excluding hydrogens is 468 g/mol. The molecule has 9 heteroatoms. The first-order chi connectivity index (χ1) is 17.9. The lowest BCUT2D eigenvalue weighted by atomic mass is 10.0. The summed E-state index contributed by atoms with van der Waals surface area (Å²) in [6.45, 7) is 0.206. The zero-order chi connectivity index (χ0) is 25.9. The summed E-state index contributed by atoms with van der Waals surface area (Å²) in [4.78, 5) is 26.4. The average molecular weight is 493 g/mol. The number of nitrogens with two attached hydrogens (primary N) is 1. The van der Waals surface area contributed by atoms with Crippen molar-refractivity contribution in [3.8, 4) is 17.1 Å². The van der Waals surface area contributed by atoms with Gasteiger partial charge in [-0.1, -0.05) is 72.8 Å². The van der Waals surface area contributed by atoms with Crippen molar-refractivity contribution in [2.75, 3.05) is 6.54 Å². The smallest absolute Gasteiger partial charge is 0.305 e. The van der Waals surface area contributed by atoms with Crippen molar-refractivity contribution in [3.63, 3.8) is 0 Å². The number of hydrogen-bond donors (Lipinski definition) is 3. The molecule has 0 saturated carbocycles. The number of carbonyl (C=O) groups excluding carboxylic acids is 1. The number of carboxylic acid groups (broad SMARTS) is 1. The summed E-state index contributed by atoms with van der Waals surface area (Å²) >= 11 is 0. The van der Waals surface area contributed by atoms with Gasteiger partial charge in [0.2, 0.25) is 0 Å². The van der Waals surface area contributed by atoms with Gasteiger partial charge in [-0.25, -0.2) is 0 Å². The van der Waals surface area contributed by atoms with E-state index < -0.39 is 5.97 Å². The number of amides is 1. The molecule has 0 radical (unpaired) electrons. The number of fused-ring (bicyclic) bond motifs is 3. The first-order valence-corrected chi connectivity index (χ1v) is 11.7. The number of aromatic nitrogens is 3. The second-order valence-electron chi connectivity index (χ2n) is 8.66. The molecule has 0 aliphatic carbocycles. The van der Waals surface area contributed by atoms with Crippen LogP contribution in [0.5, 0.6) is 0 Å². The predicted octanol–water partition coefficient (Wildman–Crippen LogP) is 3.82. The van der Waals surface area contributed by atoms with Crippen LogP contribution in [0.25, 0.3) is 29.2 Å². The highest BCUT2D eigenvalue weighted by molar-refractivity contribution is 5.99. The van der Waals surface area contributed by atoms with Crippen LogP contribution < -0.4 is 5.73 Å². The molecule has 4 aromatic rings. The normalized spacial score (nSPS) is 12.8. The molecule has 37 heavy (non-hydrogen) atoms. The zero-order valence-corrected chi connectivity index (χ0v) is 19.8. The van der Waals surface area contributed by atoms with Gasteiger partial charge in [0.25, 0.3) is 5.91 Å². The highest BCUT2D eigenvalue weighted by Gasteiger charge is 2.29. The Balaban J connectivity index is 1.56. The first-order valence-electron chi connectivity index (χ1n) is 11.7. The Bertz CT molecular complexity index is 1520. The van der Waals surface area contributed by atoms with Gasteiger partial charge in [0, 0.05) is 17.7 Å². The summed E-state index contributed by atoms with van der Waals surface area (Å²) in [5, 5.41) is 25.5. The molecule has 184 valence electrons. The van der Waals surface area contributed by atoms with Gasteiger partial charge in [-0.2, -0.15) is 0 Å². The monoisotopic (exact) mass is 492 g/mol. The summed E-state index contributed by atoms with van der Waals surface area (Å²) in [5.41, 5.74) is 9.84. The topological polar surface area (TPSA) is 138 Å². The molecule has 3 aromatic carbocycles. The van der Waals surface area contributed by atoms with Gasteiger partial charge < -0.3 is 15.7 Å². The molecule has 1 amide bonds. The Morgan fingerprint density at radius 3 is 2.41 bits per heavy atom. The van der Waals surface area contributed by atoms with Gasteiger partial charge in [0.15, 0.2) is 11.6 Å². The van der Waals surface area contributed by atoms with Crippen molar-refractivity contribution in [2.45, 2.75) is 13.0 Å². The molecule has 0 spiro atoms. The lowest BCUT2D eigenvalue weighted by Crippen LogP contribution is -2.32. The predicted molar refractivity (Wildman–Crippen MR) is 140 cm³/mol. The van der Waals surface area contributed by atoms with E-state index in [2.05, 4.69) is 10.2 Å². The third-order valence-corrected chi connectivity index (χ3v) is 6.16. The van der Waals surface area contributed by atoms with Gasteiger partial charge in [-0.05, 0) is 23.3 Å². The number of rotatable bonds is 7. The lowest BCUT2D eigenvalue weighted by molar-refractivity contribution is -0.137. The van der Waals surface area contributed by atoms with Crippen LogP contribution >= 0.6 is 0 Å². The minimum Gasteiger partial charge on any atom is -0.481 e. The van der Waals surface area contributed by atoms with Crippen molar-refractivity contribution in [1.29, 1.82) is 5.41 Å². The van der Waals surface area contributed by atoms with Crippen LogP contribution in [-0.2, 0) is 11.3 Å². The summed E-state index contributed by atoms with van der Waals surface area (Å²) in [5.74, 6) is -0.0581. The standard InChI is InChI=1S/C28H24N6O3/c29-26(30)20-11-8-18(9-12-20)6-7-19-10-13-23-22(16-19)28(37)33(15-14-25(35)36)17-24-31-32-27(34(23)24)21-4-2-1-3-5-21/h1-13,16H,14-15,17H2,(H3,29,30)(H,35,36). The van der Waals surface area contributed by atoms with Crippen LogP contribution in [0.1, 0.15) is 39.3 Å². The molecular formula is C28H24N6O3. The fourth-order valence-corrected chi connectivity index (χ4v) is 4.26. The maximum Gasteiger partial charge on any atom is 0.305 e. The number of nitrogen functional groups attached to an aromatic ring is 1. The second kappa shape index (κ2) is 9.90. The van der Waals surface area contributed by atoms with E-state index in [9.17, 15) is 14.7 Å². The van der Waals surface area contributed by atoms with Crippen LogP contribution in [0, 0.1) is 5.41 Å². The fraction of sp³-hybridized carbons (Fsp3) is 0.107. The number of amidine groups is 1. The van der Waals surface area contributed by atoms with E-state index in [1.54, 1.807) is 18.2 Å². The summed E-state index contributed by atoms with van der Waals surface area (Å²) in [6.07, 6.45) is 3.64. The van der Waals surface area contributed by atoms with Crippen LogP contribution in [0.15, 0.2) is 72.8 Å². The molecule has 1 aromatic heterocycles. The Morgan fingerprint density at radius 1 is 1.00 bits per heavy atom. The highest BCUT2D eigenvalue weighted by Crippen LogP contribution is 2.30. The third kappa shape index (κ3) is 4.87. The van der Waals surface area contributed by atoms with E-state index in [1.807, 2.05) is 71.3 Å². The Morgan fingerprint density at radius 2 is 1.70 bits per heavy atom. The Hall–Kier alpha value is -5.05. The van der Waals surface area contributed by atoms with Gasteiger partial charge in [-0.15, -0.1) is 10.2 Å². The van der Waals surface area contributed by atoms with Crippen molar-refractivity contribution < 1.29 is 14.7 Å². The van der Waals surface area contributed by atoms with Crippen molar-refractivity contribution in [2.24, 2.45) is 5.73 Å². The molecule has 0 atom stereocenters. The van der Waals surface area contributed by atoms with Crippen LogP contribution in [0.2, 0.25) is 0 Å². The lowest BCUT2D eigenvalue weighted by Gasteiger charge is -2.19. The SMILES string of the molecule is N=C(N)c1ccc(C=Cc2ccc3c(c2)C(=O)N(CCC(=O)O)Cc2nnc(-c4ccccc4)n2-3)cc1. The van der Waals surface area contributed by atoms with E-state index in [0.29, 0.717) is 28.5 Å². The molecule has 4 N–H and O–H groups in total. The third-order valence-electron chi connectivity index (χ3n) is 6.16. The summed E-state index contributed by atoms with van der Waals surface area (Å²) in [6, 6.07) is 22.5. The largest absolute Gasteiger partial charge is 0.481 e. The van der Waals surface area contributed by atoms with E-state index in [4.69, 9.17) is 11.1 Å². The van der Waals surface area contributed by atoms with Gasteiger partial charge in [0.05, 0.1) is 24.2 Å². The molecule has 0 saturated heterocycles. The zero-order valence-electron chi connectivity index (χ0n) is 19.8. The molecule has 0 fully saturated rings. The van der Waals surface area contributed by atoms with Crippen molar-refractivity contribution in [1.82, 2.24) is 19.7 Å². The van der Waals surface area contributed by atoms with Crippen molar-refractivity contribution >= 4 is 29.9 Å². The van der Waals surface area contributed by atoms with E-state index in [-0.39, 0.29) is 31.3 Å². The highest BCUT2D eigenvalue weighted by atomic mass is 16.4.